The van der Waals surface area contributed by atoms with Crippen molar-refractivity contribution in [3.05, 3.63) is 65.0 Å². The summed E-state index contributed by atoms with van der Waals surface area (Å²) in [4.78, 5) is 22.5. The van der Waals surface area contributed by atoms with Crippen LogP contribution in [0, 0.1) is 5.82 Å². The predicted octanol–water partition coefficient (Wildman–Crippen LogP) is 2.04. The van der Waals surface area contributed by atoms with Crippen LogP contribution < -0.4 is 11.1 Å². The zero-order chi connectivity index (χ0) is 15.4. The van der Waals surface area contributed by atoms with Crippen molar-refractivity contribution >= 4 is 17.6 Å². The highest BCUT2D eigenvalue weighted by Gasteiger charge is 2.11. The van der Waals surface area contributed by atoms with Gasteiger partial charge in [0.15, 0.2) is 0 Å². The van der Waals surface area contributed by atoms with E-state index in [1.54, 1.807) is 12.1 Å². The number of carboxylic acids is 1. The molecule has 2 aromatic rings. The fraction of sp³-hybridized carbons (Fsp3) is 0.0667. The third-order valence-electron chi connectivity index (χ3n) is 2.89. The highest BCUT2D eigenvalue weighted by atomic mass is 19.1. The number of halogens is 1. The first kappa shape index (κ1) is 14.5. The zero-order valence-electron chi connectivity index (χ0n) is 11.0. The first-order valence-electron chi connectivity index (χ1n) is 6.13. The number of benzene rings is 2. The minimum absolute atomic E-state index is 0.0913. The minimum Gasteiger partial charge on any atom is -0.478 e. The van der Waals surface area contributed by atoms with Crippen LogP contribution >= 0.6 is 0 Å². The molecule has 0 atom stereocenters. The number of hydrogen-bond donors (Lipinski definition) is 3. The van der Waals surface area contributed by atoms with Gasteiger partial charge in [-0.2, -0.15) is 0 Å². The first-order chi connectivity index (χ1) is 9.97. The molecule has 0 fully saturated rings. The molecule has 2 rings (SSSR count). The molecule has 4 N–H and O–H groups in total. The number of amides is 1. The van der Waals surface area contributed by atoms with Gasteiger partial charge in [-0.15, -0.1) is 0 Å². The van der Waals surface area contributed by atoms with Gasteiger partial charge in [-0.05, 0) is 35.9 Å². The monoisotopic (exact) mass is 288 g/mol. The molecule has 5 nitrogen and oxygen atoms in total. The van der Waals surface area contributed by atoms with Crippen LogP contribution in [0.3, 0.4) is 0 Å². The number of aromatic carboxylic acids is 1. The summed E-state index contributed by atoms with van der Waals surface area (Å²) in [6.07, 6.45) is 0. The smallest absolute Gasteiger partial charge is 0.335 e. The van der Waals surface area contributed by atoms with Crippen LogP contribution in [0.15, 0.2) is 42.5 Å². The summed E-state index contributed by atoms with van der Waals surface area (Å²) in [6, 6.07) is 9.89. The first-order valence-corrected chi connectivity index (χ1v) is 6.13. The Morgan fingerprint density at radius 2 is 1.81 bits per heavy atom. The standard InChI is InChI=1S/C15H13FN2O3/c16-13-7-11(17)5-6-12(13)14(19)18-8-9-1-3-10(4-2-9)15(20)21/h1-7H,8,17H2,(H,18,19)(H,20,21). The summed E-state index contributed by atoms with van der Waals surface area (Å²) in [5, 5.41) is 11.3. The Labute approximate surface area is 120 Å². The zero-order valence-corrected chi connectivity index (χ0v) is 11.0. The Balaban J connectivity index is 2.02. The highest BCUT2D eigenvalue weighted by Crippen LogP contribution is 2.12. The molecule has 0 aliphatic heterocycles. The fourth-order valence-corrected chi connectivity index (χ4v) is 1.76. The second-order valence-electron chi connectivity index (χ2n) is 4.42. The van der Waals surface area contributed by atoms with Gasteiger partial charge < -0.3 is 16.2 Å². The van der Waals surface area contributed by atoms with E-state index in [-0.39, 0.29) is 23.4 Å². The molecular formula is C15H13FN2O3. The lowest BCUT2D eigenvalue weighted by molar-refractivity contribution is 0.0696. The van der Waals surface area contributed by atoms with Gasteiger partial charge in [0.05, 0.1) is 11.1 Å². The van der Waals surface area contributed by atoms with Crippen molar-refractivity contribution in [3.8, 4) is 0 Å². The van der Waals surface area contributed by atoms with E-state index in [9.17, 15) is 14.0 Å². The SMILES string of the molecule is Nc1ccc(C(=O)NCc2ccc(C(=O)O)cc2)c(F)c1. The molecule has 0 unspecified atom stereocenters. The van der Waals surface area contributed by atoms with Gasteiger partial charge in [0.25, 0.3) is 5.91 Å². The number of nitrogen functional groups attached to an aromatic ring is 1. The van der Waals surface area contributed by atoms with Gasteiger partial charge >= 0.3 is 5.97 Å². The number of carbonyl (C=O) groups is 2. The van der Waals surface area contributed by atoms with Crippen LogP contribution in [-0.4, -0.2) is 17.0 Å². The van der Waals surface area contributed by atoms with Gasteiger partial charge in [0.2, 0.25) is 0 Å². The average molecular weight is 288 g/mol. The summed E-state index contributed by atoms with van der Waals surface area (Å²) >= 11 is 0. The number of nitrogens with two attached hydrogens (primary N) is 1. The van der Waals surface area contributed by atoms with E-state index in [0.29, 0.717) is 5.56 Å². The van der Waals surface area contributed by atoms with Crippen molar-refractivity contribution in [2.24, 2.45) is 0 Å². The number of carbonyl (C=O) groups excluding carboxylic acids is 1. The molecule has 2 aromatic carbocycles. The number of anilines is 1. The molecule has 0 aliphatic carbocycles. The molecule has 0 heterocycles. The van der Waals surface area contributed by atoms with Crippen LogP contribution in [0.5, 0.6) is 0 Å². The maximum absolute atomic E-state index is 13.6. The van der Waals surface area contributed by atoms with Crippen LogP contribution in [-0.2, 0) is 6.54 Å². The summed E-state index contributed by atoms with van der Waals surface area (Å²) in [5.41, 5.74) is 6.44. The van der Waals surface area contributed by atoms with Gasteiger partial charge in [0, 0.05) is 12.2 Å². The van der Waals surface area contributed by atoms with Crippen LogP contribution in [0.1, 0.15) is 26.3 Å². The lowest BCUT2D eigenvalue weighted by atomic mass is 10.1. The summed E-state index contributed by atoms with van der Waals surface area (Å²) in [5.74, 6) is -2.27. The second-order valence-corrected chi connectivity index (χ2v) is 4.42. The van der Waals surface area contributed by atoms with Gasteiger partial charge in [-0.1, -0.05) is 12.1 Å². The predicted molar refractivity (Wildman–Crippen MR) is 75.4 cm³/mol. The van der Waals surface area contributed by atoms with E-state index in [4.69, 9.17) is 10.8 Å². The van der Waals surface area contributed by atoms with E-state index >= 15 is 0 Å². The lowest BCUT2D eigenvalue weighted by Crippen LogP contribution is -2.23. The van der Waals surface area contributed by atoms with Crippen LogP contribution in [0.25, 0.3) is 0 Å². The minimum atomic E-state index is -1.02. The van der Waals surface area contributed by atoms with Crippen molar-refractivity contribution in [1.29, 1.82) is 0 Å². The van der Waals surface area contributed by atoms with E-state index in [0.717, 1.165) is 6.07 Å². The van der Waals surface area contributed by atoms with E-state index in [1.165, 1.54) is 24.3 Å². The summed E-state index contributed by atoms with van der Waals surface area (Å²) < 4.78 is 13.6. The molecule has 0 saturated carbocycles. The molecule has 0 aromatic heterocycles. The third-order valence-corrected chi connectivity index (χ3v) is 2.89. The molecule has 1 amide bonds. The molecule has 21 heavy (non-hydrogen) atoms. The van der Waals surface area contributed by atoms with Crippen molar-refractivity contribution in [2.45, 2.75) is 6.54 Å². The van der Waals surface area contributed by atoms with Crippen molar-refractivity contribution in [2.75, 3.05) is 5.73 Å². The van der Waals surface area contributed by atoms with Crippen molar-refractivity contribution < 1.29 is 19.1 Å². The quantitative estimate of drug-likeness (QED) is 0.751. The van der Waals surface area contributed by atoms with E-state index in [1.807, 2.05) is 0 Å². The van der Waals surface area contributed by atoms with Gasteiger partial charge in [-0.3, -0.25) is 4.79 Å². The molecular weight excluding hydrogens is 275 g/mol. The van der Waals surface area contributed by atoms with Crippen LogP contribution in [0.4, 0.5) is 10.1 Å². The van der Waals surface area contributed by atoms with Crippen LogP contribution in [0.2, 0.25) is 0 Å². The molecule has 0 saturated heterocycles. The summed E-state index contributed by atoms with van der Waals surface area (Å²) in [6.45, 7) is 0.169. The van der Waals surface area contributed by atoms with E-state index in [2.05, 4.69) is 5.32 Å². The average Bonchev–Trinajstić information content (AvgIpc) is 2.45. The maximum atomic E-state index is 13.6. The molecule has 0 aliphatic rings. The number of carboxylic acid groups (broad SMARTS) is 1. The fourth-order valence-electron chi connectivity index (χ4n) is 1.76. The Morgan fingerprint density at radius 3 is 2.38 bits per heavy atom. The molecule has 0 radical (unpaired) electrons. The van der Waals surface area contributed by atoms with Crippen molar-refractivity contribution in [1.82, 2.24) is 5.32 Å². The molecule has 108 valence electrons. The number of nitrogens with one attached hydrogen (secondary N) is 1. The third kappa shape index (κ3) is 3.56. The van der Waals surface area contributed by atoms with Crippen molar-refractivity contribution in [3.63, 3.8) is 0 Å². The topological polar surface area (TPSA) is 92.4 Å². The molecule has 0 bridgehead atoms. The Hall–Kier alpha value is -2.89. The number of hydrogen-bond acceptors (Lipinski definition) is 3. The summed E-state index contributed by atoms with van der Waals surface area (Å²) in [7, 11) is 0. The number of rotatable bonds is 4. The largest absolute Gasteiger partial charge is 0.478 e. The molecule has 0 spiro atoms. The van der Waals surface area contributed by atoms with Gasteiger partial charge in [-0.25, -0.2) is 9.18 Å². The Kier molecular flexibility index (Phi) is 4.18. The Bertz CT molecular complexity index is 684. The molecule has 6 heteroatoms. The highest BCUT2D eigenvalue weighted by molar-refractivity contribution is 5.94. The Morgan fingerprint density at radius 1 is 1.14 bits per heavy atom. The normalized spacial score (nSPS) is 10.1. The lowest BCUT2D eigenvalue weighted by Gasteiger charge is -2.07. The van der Waals surface area contributed by atoms with E-state index < -0.39 is 17.7 Å². The maximum Gasteiger partial charge on any atom is 0.335 e. The second kappa shape index (κ2) is 6.04. The van der Waals surface area contributed by atoms with Gasteiger partial charge in [0.1, 0.15) is 5.82 Å².